The lowest BCUT2D eigenvalue weighted by molar-refractivity contribution is 0.201. The van der Waals surface area contributed by atoms with Gasteiger partial charge in [0, 0.05) is 12.1 Å². The van der Waals surface area contributed by atoms with Crippen molar-refractivity contribution < 1.29 is 0 Å². The molecule has 1 fully saturated rings. The van der Waals surface area contributed by atoms with Gasteiger partial charge in [-0.15, -0.1) is 0 Å². The van der Waals surface area contributed by atoms with Gasteiger partial charge in [-0.05, 0) is 41.7 Å². The Bertz CT molecular complexity index is 463. The van der Waals surface area contributed by atoms with E-state index in [9.17, 15) is 0 Å². The second kappa shape index (κ2) is 5.52. The minimum atomic E-state index is 0.350. The largest absolute Gasteiger partial charge is 0.307 e. The molecule has 3 unspecified atom stereocenters. The first-order chi connectivity index (χ1) is 9.60. The van der Waals surface area contributed by atoms with Gasteiger partial charge in [-0.3, -0.25) is 0 Å². The average molecular weight is 271 g/mol. The van der Waals surface area contributed by atoms with Gasteiger partial charge in [-0.2, -0.15) is 0 Å². The van der Waals surface area contributed by atoms with Gasteiger partial charge in [0.05, 0.1) is 0 Å². The van der Waals surface area contributed by atoms with E-state index < -0.39 is 0 Å². The molecule has 2 aliphatic rings. The molecule has 1 nitrogen and oxygen atoms in total. The zero-order valence-electron chi connectivity index (χ0n) is 13.3. The van der Waals surface area contributed by atoms with Crippen LogP contribution < -0.4 is 5.32 Å². The lowest BCUT2D eigenvalue weighted by Gasteiger charge is -2.36. The molecular weight excluding hydrogens is 242 g/mol. The van der Waals surface area contributed by atoms with Crippen molar-refractivity contribution in [2.45, 2.75) is 71.4 Å². The van der Waals surface area contributed by atoms with Gasteiger partial charge in [0.2, 0.25) is 0 Å². The minimum Gasteiger partial charge on any atom is -0.307 e. The number of hydrogen-bond donors (Lipinski definition) is 1. The maximum atomic E-state index is 4.03. The van der Waals surface area contributed by atoms with Gasteiger partial charge in [0.1, 0.15) is 0 Å². The molecule has 0 amide bonds. The second-order valence-corrected chi connectivity index (χ2v) is 7.60. The normalized spacial score (nSPS) is 32.0. The van der Waals surface area contributed by atoms with Crippen molar-refractivity contribution in [2.24, 2.45) is 11.3 Å². The lowest BCUT2D eigenvalue weighted by atomic mass is 9.81. The maximum Gasteiger partial charge on any atom is 0.0379 e. The molecule has 0 bridgehead atoms. The predicted molar refractivity (Wildman–Crippen MR) is 85.8 cm³/mol. The minimum absolute atomic E-state index is 0.350. The molecular formula is C19H29N. The Hall–Kier alpha value is -0.820. The van der Waals surface area contributed by atoms with Crippen molar-refractivity contribution in [1.82, 2.24) is 5.32 Å². The van der Waals surface area contributed by atoms with Crippen LogP contribution in [0.4, 0.5) is 0 Å². The monoisotopic (exact) mass is 271 g/mol. The molecule has 1 heteroatoms. The first kappa shape index (κ1) is 14.1. The first-order valence-electron chi connectivity index (χ1n) is 8.44. The van der Waals surface area contributed by atoms with Crippen LogP contribution in [0.3, 0.4) is 0 Å². The van der Waals surface area contributed by atoms with Crippen molar-refractivity contribution >= 4 is 0 Å². The zero-order valence-corrected chi connectivity index (χ0v) is 13.3. The molecule has 1 aromatic rings. The Labute approximate surface area is 124 Å². The molecule has 0 radical (unpaired) electrons. The van der Waals surface area contributed by atoms with E-state index in [0.29, 0.717) is 11.5 Å². The van der Waals surface area contributed by atoms with Crippen LogP contribution in [0.25, 0.3) is 0 Å². The smallest absolute Gasteiger partial charge is 0.0379 e. The van der Waals surface area contributed by atoms with Gasteiger partial charge in [0.15, 0.2) is 0 Å². The molecule has 3 atom stereocenters. The van der Waals surface area contributed by atoms with Crippen molar-refractivity contribution in [3.8, 4) is 0 Å². The summed E-state index contributed by atoms with van der Waals surface area (Å²) in [6, 6.07) is 10.3. The summed E-state index contributed by atoms with van der Waals surface area (Å²) in [7, 11) is 0. The van der Waals surface area contributed by atoms with Crippen LogP contribution in [0.2, 0.25) is 0 Å². The Morgan fingerprint density at radius 1 is 1.20 bits per heavy atom. The van der Waals surface area contributed by atoms with E-state index in [-0.39, 0.29) is 0 Å². The summed E-state index contributed by atoms with van der Waals surface area (Å²) in [5.74, 6) is 0.945. The fourth-order valence-electron chi connectivity index (χ4n) is 4.35. The molecule has 2 aliphatic carbocycles. The van der Waals surface area contributed by atoms with Crippen LogP contribution in [0, 0.1) is 11.3 Å². The number of hydrogen-bond acceptors (Lipinski definition) is 1. The van der Waals surface area contributed by atoms with Crippen LogP contribution >= 0.6 is 0 Å². The molecule has 110 valence electrons. The second-order valence-electron chi connectivity index (χ2n) is 7.60. The molecule has 0 saturated heterocycles. The molecule has 1 N–H and O–H groups in total. The third-order valence-electron chi connectivity index (χ3n) is 5.56. The Kier molecular flexibility index (Phi) is 3.90. The van der Waals surface area contributed by atoms with E-state index in [2.05, 4.69) is 50.4 Å². The topological polar surface area (TPSA) is 12.0 Å². The summed E-state index contributed by atoms with van der Waals surface area (Å²) >= 11 is 0. The quantitative estimate of drug-likeness (QED) is 0.827. The summed E-state index contributed by atoms with van der Waals surface area (Å²) in [6.45, 7) is 7.19. The summed E-state index contributed by atoms with van der Waals surface area (Å²) in [4.78, 5) is 0. The third kappa shape index (κ3) is 2.65. The zero-order chi connectivity index (χ0) is 14.2. The van der Waals surface area contributed by atoms with E-state index >= 15 is 0 Å². The molecule has 0 heterocycles. The third-order valence-corrected chi connectivity index (χ3v) is 5.56. The molecule has 0 spiro atoms. The van der Waals surface area contributed by atoms with Crippen LogP contribution in [-0.4, -0.2) is 6.04 Å². The van der Waals surface area contributed by atoms with Crippen molar-refractivity contribution in [1.29, 1.82) is 0 Å². The molecule has 3 rings (SSSR count). The lowest BCUT2D eigenvalue weighted by Crippen LogP contribution is -2.41. The molecule has 0 aromatic heterocycles. The average Bonchev–Trinajstić information content (AvgIpc) is 2.70. The van der Waals surface area contributed by atoms with Crippen molar-refractivity contribution in [2.75, 3.05) is 0 Å². The van der Waals surface area contributed by atoms with Crippen LogP contribution in [-0.2, 0) is 6.42 Å². The standard InChI is InChI=1S/C19H29N/c1-4-14-8-7-10-16(12-14)20-18-17-11-6-5-9-15(17)13-19(18,2)3/h5-6,9,11,14,16,18,20H,4,7-8,10,12-13H2,1-3H3. The van der Waals surface area contributed by atoms with E-state index in [0.717, 1.165) is 12.0 Å². The molecule has 0 aliphatic heterocycles. The van der Waals surface area contributed by atoms with E-state index in [1.54, 1.807) is 11.1 Å². The van der Waals surface area contributed by atoms with Gasteiger partial charge in [-0.1, -0.05) is 64.3 Å². The summed E-state index contributed by atoms with van der Waals surface area (Å²) in [6.07, 6.45) is 8.16. The van der Waals surface area contributed by atoms with Crippen LogP contribution in [0.15, 0.2) is 24.3 Å². The highest BCUT2D eigenvalue weighted by molar-refractivity contribution is 5.37. The van der Waals surface area contributed by atoms with E-state index in [1.165, 1.54) is 38.5 Å². The predicted octanol–water partition coefficient (Wildman–Crippen LogP) is 4.87. The molecule has 1 saturated carbocycles. The van der Waals surface area contributed by atoms with Gasteiger partial charge in [0.25, 0.3) is 0 Å². The van der Waals surface area contributed by atoms with Gasteiger partial charge >= 0.3 is 0 Å². The maximum absolute atomic E-state index is 4.03. The van der Waals surface area contributed by atoms with Crippen LogP contribution in [0.5, 0.6) is 0 Å². The van der Waals surface area contributed by atoms with Gasteiger partial charge in [-0.25, -0.2) is 0 Å². The number of fused-ring (bicyclic) bond motifs is 1. The van der Waals surface area contributed by atoms with E-state index in [1.807, 2.05) is 0 Å². The van der Waals surface area contributed by atoms with Crippen molar-refractivity contribution in [3.05, 3.63) is 35.4 Å². The summed E-state index contributed by atoms with van der Waals surface area (Å²) in [5.41, 5.74) is 3.46. The summed E-state index contributed by atoms with van der Waals surface area (Å²) < 4.78 is 0. The number of rotatable bonds is 3. The summed E-state index contributed by atoms with van der Waals surface area (Å²) in [5, 5.41) is 4.03. The highest BCUT2D eigenvalue weighted by Gasteiger charge is 2.39. The van der Waals surface area contributed by atoms with Gasteiger partial charge < -0.3 is 5.32 Å². The highest BCUT2D eigenvalue weighted by atomic mass is 15.0. The Morgan fingerprint density at radius 2 is 2.00 bits per heavy atom. The first-order valence-corrected chi connectivity index (χ1v) is 8.44. The fraction of sp³-hybridized carbons (Fsp3) is 0.684. The fourth-order valence-corrected chi connectivity index (χ4v) is 4.35. The number of benzene rings is 1. The molecule has 20 heavy (non-hydrogen) atoms. The van der Waals surface area contributed by atoms with Crippen LogP contribution in [0.1, 0.15) is 70.0 Å². The Morgan fingerprint density at radius 3 is 2.80 bits per heavy atom. The highest BCUT2D eigenvalue weighted by Crippen LogP contribution is 2.46. The van der Waals surface area contributed by atoms with E-state index in [4.69, 9.17) is 0 Å². The number of nitrogens with one attached hydrogen (secondary N) is 1. The molecule has 1 aromatic carbocycles. The Balaban J connectivity index is 1.76. The SMILES string of the molecule is CCC1CCCC(NC2c3ccccc3CC2(C)C)C1. The van der Waals surface area contributed by atoms with Crippen molar-refractivity contribution in [3.63, 3.8) is 0 Å².